The highest BCUT2D eigenvalue weighted by atomic mass is 16.5. The third kappa shape index (κ3) is 2.05. The van der Waals surface area contributed by atoms with Crippen molar-refractivity contribution in [1.82, 2.24) is 0 Å². The molecule has 1 aromatic rings. The van der Waals surface area contributed by atoms with E-state index < -0.39 is 0 Å². The Balaban J connectivity index is 2.01. The SMILES string of the molecule is Cc1ccc(NC2=NCC(C)O2)cc1. The summed E-state index contributed by atoms with van der Waals surface area (Å²) < 4.78 is 5.43. The first-order valence-corrected chi connectivity index (χ1v) is 4.79. The number of nitrogens with zero attached hydrogens (tertiary/aromatic N) is 1. The molecule has 1 atom stereocenters. The topological polar surface area (TPSA) is 33.6 Å². The molecule has 0 bridgehead atoms. The fraction of sp³-hybridized carbons (Fsp3) is 0.364. The van der Waals surface area contributed by atoms with E-state index in [1.165, 1.54) is 5.56 Å². The molecule has 1 aliphatic rings. The molecule has 2 rings (SSSR count). The highest BCUT2D eigenvalue weighted by molar-refractivity contribution is 5.89. The minimum atomic E-state index is 0.197. The van der Waals surface area contributed by atoms with Crippen LogP contribution in [0.5, 0.6) is 0 Å². The van der Waals surface area contributed by atoms with E-state index in [1.54, 1.807) is 0 Å². The second-order valence-corrected chi connectivity index (χ2v) is 3.57. The van der Waals surface area contributed by atoms with Crippen molar-refractivity contribution in [2.45, 2.75) is 20.0 Å². The Labute approximate surface area is 83.8 Å². The Morgan fingerprint density at radius 3 is 2.64 bits per heavy atom. The van der Waals surface area contributed by atoms with Gasteiger partial charge in [0.25, 0.3) is 6.02 Å². The number of aryl methyl sites for hydroxylation is 1. The van der Waals surface area contributed by atoms with E-state index in [9.17, 15) is 0 Å². The standard InChI is InChI=1S/C11H14N2O/c1-8-3-5-10(6-4-8)13-11-12-7-9(2)14-11/h3-6,9H,7H2,1-2H3,(H,12,13). The van der Waals surface area contributed by atoms with E-state index in [1.807, 2.05) is 19.1 Å². The normalized spacial score (nSPS) is 20.1. The summed E-state index contributed by atoms with van der Waals surface area (Å²) >= 11 is 0. The molecular weight excluding hydrogens is 176 g/mol. The van der Waals surface area contributed by atoms with Crippen LogP contribution in [-0.4, -0.2) is 18.7 Å². The fourth-order valence-electron chi connectivity index (χ4n) is 1.31. The third-order valence-electron chi connectivity index (χ3n) is 2.11. The predicted molar refractivity (Wildman–Crippen MR) is 57.7 cm³/mol. The van der Waals surface area contributed by atoms with Gasteiger partial charge in [-0.3, -0.25) is 0 Å². The number of ether oxygens (including phenoxy) is 1. The largest absolute Gasteiger partial charge is 0.460 e. The molecule has 1 aromatic carbocycles. The molecule has 0 aliphatic carbocycles. The van der Waals surface area contributed by atoms with Gasteiger partial charge < -0.3 is 10.1 Å². The van der Waals surface area contributed by atoms with E-state index in [4.69, 9.17) is 4.74 Å². The van der Waals surface area contributed by atoms with Crippen molar-refractivity contribution in [3.8, 4) is 0 Å². The molecule has 1 heterocycles. The van der Waals surface area contributed by atoms with Crippen LogP contribution in [0.3, 0.4) is 0 Å². The zero-order chi connectivity index (χ0) is 9.97. The number of hydrogen-bond donors (Lipinski definition) is 1. The molecule has 14 heavy (non-hydrogen) atoms. The van der Waals surface area contributed by atoms with Crippen molar-refractivity contribution < 1.29 is 4.74 Å². The maximum absolute atomic E-state index is 5.43. The Hall–Kier alpha value is -1.51. The number of nitrogens with one attached hydrogen (secondary N) is 1. The van der Waals surface area contributed by atoms with Crippen molar-refractivity contribution in [1.29, 1.82) is 0 Å². The highest BCUT2D eigenvalue weighted by Crippen LogP contribution is 2.11. The smallest absolute Gasteiger partial charge is 0.289 e. The van der Waals surface area contributed by atoms with Crippen LogP contribution in [0.4, 0.5) is 5.69 Å². The third-order valence-corrected chi connectivity index (χ3v) is 2.11. The van der Waals surface area contributed by atoms with Gasteiger partial charge in [0.15, 0.2) is 0 Å². The first kappa shape index (κ1) is 9.06. The molecule has 0 aromatic heterocycles. The van der Waals surface area contributed by atoms with Gasteiger partial charge in [-0.1, -0.05) is 17.7 Å². The quantitative estimate of drug-likeness (QED) is 0.736. The molecule has 0 amide bonds. The Morgan fingerprint density at radius 1 is 1.36 bits per heavy atom. The van der Waals surface area contributed by atoms with Crippen LogP contribution in [0.15, 0.2) is 29.3 Å². The second-order valence-electron chi connectivity index (χ2n) is 3.57. The fourth-order valence-corrected chi connectivity index (χ4v) is 1.31. The van der Waals surface area contributed by atoms with Gasteiger partial charge in [0.1, 0.15) is 6.10 Å². The lowest BCUT2D eigenvalue weighted by atomic mass is 10.2. The average molecular weight is 190 g/mol. The Morgan fingerprint density at radius 2 is 2.07 bits per heavy atom. The van der Waals surface area contributed by atoms with Crippen LogP contribution in [0.2, 0.25) is 0 Å². The lowest BCUT2D eigenvalue weighted by molar-refractivity contribution is 0.245. The molecule has 0 radical (unpaired) electrons. The summed E-state index contributed by atoms with van der Waals surface area (Å²) in [5, 5.41) is 3.13. The van der Waals surface area contributed by atoms with Crippen molar-refractivity contribution in [3.63, 3.8) is 0 Å². The van der Waals surface area contributed by atoms with Crippen molar-refractivity contribution in [2.24, 2.45) is 4.99 Å². The molecule has 0 saturated carbocycles. The van der Waals surface area contributed by atoms with Crippen LogP contribution in [-0.2, 0) is 4.74 Å². The monoisotopic (exact) mass is 190 g/mol. The van der Waals surface area contributed by atoms with Crippen LogP contribution in [0, 0.1) is 6.92 Å². The lowest BCUT2D eigenvalue weighted by Crippen LogP contribution is -2.15. The second kappa shape index (κ2) is 3.70. The molecule has 1 N–H and O–H groups in total. The predicted octanol–water partition coefficient (Wildman–Crippen LogP) is 2.18. The van der Waals surface area contributed by atoms with E-state index in [2.05, 4.69) is 29.4 Å². The van der Waals surface area contributed by atoms with Crippen LogP contribution in [0.1, 0.15) is 12.5 Å². The zero-order valence-corrected chi connectivity index (χ0v) is 8.45. The Kier molecular flexibility index (Phi) is 2.39. The average Bonchev–Trinajstić information content (AvgIpc) is 2.56. The number of anilines is 1. The van der Waals surface area contributed by atoms with Crippen molar-refractivity contribution >= 4 is 11.7 Å². The molecular formula is C11H14N2O. The zero-order valence-electron chi connectivity index (χ0n) is 8.45. The molecule has 0 fully saturated rings. The minimum absolute atomic E-state index is 0.197. The first-order valence-electron chi connectivity index (χ1n) is 4.79. The lowest BCUT2D eigenvalue weighted by Gasteiger charge is -2.07. The summed E-state index contributed by atoms with van der Waals surface area (Å²) in [5.74, 6) is 0. The van der Waals surface area contributed by atoms with Gasteiger partial charge in [0.2, 0.25) is 0 Å². The number of aliphatic imine (C=N–C) groups is 1. The number of hydrogen-bond acceptors (Lipinski definition) is 3. The van der Waals surface area contributed by atoms with E-state index in [0.717, 1.165) is 12.2 Å². The van der Waals surface area contributed by atoms with Crippen LogP contribution < -0.4 is 5.32 Å². The summed E-state index contributed by atoms with van der Waals surface area (Å²) in [6.45, 7) is 4.82. The van der Waals surface area contributed by atoms with Gasteiger partial charge in [0.05, 0.1) is 6.54 Å². The van der Waals surface area contributed by atoms with Gasteiger partial charge >= 0.3 is 0 Å². The summed E-state index contributed by atoms with van der Waals surface area (Å²) in [4.78, 5) is 4.22. The molecule has 0 spiro atoms. The van der Waals surface area contributed by atoms with Gasteiger partial charge in [-0.25, -0.2) is 4.99 Å². The van der Waals surface area contributed by atoms with Crippen LogP contribution in [0.25, 0.3) is 0 Å². The first-order chi connectivity index (χ1) is 6.74. The number of amidine groups is 1. The van der Waals surface area contributed by atoms with Crippen molar-refractivity contribution in [2.75, 3.05) is 11.9 Å². The molecule has 0 saturated heterocycles. The molecule has 3 heteroatoms. The van der Waals surface area contributed by atoms with Gasteiger partial charge in [-0.05, 0) is 26.0 Å². The molecule has 1 aliphatic heterocycles. The van der Waals surface area contributed by atoms with E-state index in [-0.39, 0.29) is 6.10 Å². The minimum Gasteiger partial charge on any atom is -0.460 e. The summed E-state index contributed by atoms with van der Waals surface area (Å²) in [5.41, 5.74) is 2.27. The number of rotatable bonds is 1. The summed E-state index contributed by atoms with van der Waals surface area (Å²) in [6, 6.07) is 8.78. The maximum atomic E-state index is 5.43. The molecule has 1 unspecified atom stereocenters. The molecule has 3 nitrogen and oxygen atoms in total. The maximum Gasteiger partial charge on any atom is 0.289 e. The summed E-state index contributed by atoms with van der Waals surface area (Å²) in [6.07, 6.45) is 0.197. The molecule has 74 valence electrons. The summed E-state index contributed by atoms with van der Waals surface area (Å²) in [7, 11) is 0. The van der Waals surface area contributed by atoms with Crippen molar-refractivity contribution in [3.05, 3.63) is 29.8 Å². The Bertz CT molecular complexity index is 343. The van der Waals surface area contributed by atoms with Gasteiger partial charge in [-0.15, -0.1) is 0 Å². The van der Waals surface area contributed by atoms with Gasteiger partial charge in [0, 0.05) is 5.69 Å². The van der Waals surface area contributed by atoms with E-state index >= 15 is 0 Å². The van der Waals surface area contributed by atoms with Crippen LogP contribution >= 0.6 is 0 Å². The highest BCUT2D eigenvalue weighted by Gasteiger charge is 2.14. The van der Waals surface area contributed by atoms with Gasteiger partial charge in [-0.2, -0.15) is 0 Å². The number of benzene rings is 1. The van der Waals surface area contributed by atoms with E-state index in [0.29, 0.717) is 6.02 Å².